The third-order valence-corrected chi connectivity index (χ3v) is 2.42. The average Bonchev–Trinajstić information content (AvgIpc) is 2.55. The summed E-state index contributed by atoms with van der Waals surface area (Å²) in [6, 6.07) is 16.7. The molecule has 0 nitrogen and oxygen atoms in total. The number of benzene rings is 2. The van der Waals surface area contributed by atoms with Crippen molar-refractivity contribution in [1.29, 1.82) is 0 Å². The Bertz CT molecular complexity index is 372. The van der Waals surface area contributed by atoms with Gasteiger partial charge in [0.1, 0.15) is 0 Å². The summed E-state index contributed by atoms with van der Waals surface area (Å²) in [7, 11) is 0. The summed E-state index contributed by atoms with van der Waals surface area (Å²) in [5, 5.41) is 2.62. The summed E-state index contributed by atoms with van der Waals surface area (Å²) < 4.78 is 0. The molecule has 2 aromatic rings. The van der Waals surface area contributed by atoms with Crippen molar-refractivity contribution in [2.24, 2.45) is 0 Å². The summed E-state index contributed by atoms with van der Waals surface area (Å²) in [5.41, 5.74) is 0. The topological polar surface area (TPSA) is 0 Å². The normalized spacial score (nSPS) is 7.54. The van der Waals surface area contributed by atoms with Gasteiger partial charge in [-0.1, -0.05) is 68.8 Å². The summed E-state index contributed by atoms with van der Waals surface area (Å²) in [6.45, 7) is 16.2. The van der Waals surface area contributed by atoms with Gasteiger partial charge in [0, 0.05) is 0 Å². The Morgan fingerprint density at radius 1 is 0.808 bits per heavy atom. The minimum atomic E-state index is 0. The maximum Gasteiger partial charge on any atom is 1.00 e. The molecule has 0 unspecified atom stereocenters. The Morgan fingerprint density at radius 3 is 1.12 bits per heavy atom. The smallest absolute Gasteiger partial charge is 0.343 e. The molecule has 0 spiro atoms. The Balaban J connectivity index is -0.0000000548. The zero-order chi connectivity index (χ0) is 17.2. The van der Waals surface area contributed by atoms with Crippen LogP contribution in [-0.4, -0.2) is 0 Å². The van der Waals surface area contributed by atoms with Gasteiger partial charge in [0.25, 0.3) is 0 Å². The van der Waals surface area contributed by atoms with Crippen LogP contribution in [0.1, 0.15) is 60.8 Å². The predicted octanol–water partition coefficient (Wildman–Crippen LogP) is -4.28. The largest absolute Gasteiger partial charge is 1.00 e. The van der Waals surface area contributed by atoms with Gasteiger partial charge in [0.2, 0.25) is 0 Å². The van der Waals surface area contributed by atoms with E-state index in [-0.39, 0.29) is 86.1 Å². The maximum atomic E-state index is 3.60. The van der Waals surface area contributed by atoms with E-state index in [1.807, 2.05) is 0 Å². The molecule has 0 saturated carbocycles. The fraction of sp³-hybridized carbons (Fsp3) is 0.409. The molecule has 0 aliphatic carbocycles. The summed E-state index contributed by atoms with van der Waals surface area (Å²) in [6.07, 6.45) is 5.60. The zero-order valence-corrected chi connectivity index (χ0v) is 21.5. The van der Waals surface area contributed by atoms with Crippen molar-refractivity contribution in [3.63, 3.8) is 0 Å². The molecule has 0 atom stereocenters. The molecule has 0 aromatic heterocycles. The molecule has 2 aromatic carbocycles. The van der Waals surface area contributed by atoms with Crippen LogP contribution in [-0.2, 0) is 0 Å². The van der Waals surface area contributed by atoms with Crippen LogP contribution in [0.4, 0.5) is 0 Å². The number of fused-ring (bicyclic) bond motifs is 1. The van der Waals surface area contributed by atoms with Gasteiger partial charge < -0.3 is 19.3 Å². The fourth-order valence-electron chi connectivity index (χ4n) is 1.13. The molecule has 4 heteroatoms. The second-order valence-electron chi connectivity index (χ2n) is 5.52. The summed E-state index contributed by atoms with van der Waals surface area (Å²) >= 11 is 0. The molecule has 26 heavy (non-hydrogen) atoms. The van der Waals surface area contributed by atoms with Crippen molar-refractivity contribution in [3.8, 4) is 0 Å². The molecule has 2 rings (SSSR count). The minimum absolute atomic E-state index is 0. The van der Waals surface area contributed by atoms with Gasteiger partial charge in [-0.2, -0.15) is 40.5 Å². The molecule has 0 bridgehead atoms. The van der Waals surface area contributed by atoms with E-state index in [0.29, 0.717) is 0 Å². The fourth-order valence-corrected chi connectivity index (χ4v) is 1.13. The van der Waals surface area contributed by atoms with E-state index in [1.54, 1.807) is 0 Å². The Kier molecular flexibility index (Phi) is 54.7. The van der Waals surface area contributed by atoms with Crippen molar-refractivity contribution >= 4 is 10.8 Å². The SMILES string of the molecule is C[C-](C)C.C[CH-]CC.[CH2-]CCC.[Li+].[Li+].[Li+].[Na+].c1ccc2ccccc2c1. The zero-order valence-electron chi connectivity index (χ0n) is 19.5. The number of hydrogen-bond acceptors (Lipinski definition) is 0. The molecule has 126 valence electrons. The molecule has 0 heterocycles. The van der Waals surface area contributed by atoms with E-state index in [9.17, 15) is 0 Å². The molecule has 0 fully saturated rings. The van der Waals surface area contributed by atoms with Crippen molar-refractivity contribution in [1.82, 2.24) is 0 Å². The van der Waals surface area contributed by atoms with Crippen LogP contribution in [0.15, 0.2) is 48.5 Å². The first kappa shape index (κ1) is 41.8. The summed E-state index contributed by atoms with van der Waals surface area (Å²) in [5.74, 6) is 1.42. The third-order valence-electron chi connectivity index (χ3n) is 2.42. The first-order chi connectivity index (χ1) is 10.5. The van der Waals surface area contributed by atoms with Gasteiger partial charge in [0.05, 0.1) is 0 Å². The first-order valence-electron chi connectivity index (χ1n) is 8.30. The second-order valence-corrected chi connectivity index (χ2v) is 5.52. The van der Waals surface area contributed by atoms with Gasteiger partial charge in [-0.05, 0) is 10.8 Å². The van der Waals surface area contributed by atoms with Crippen LogP contribution < -0.4 is 86.1 Å². The molecule has 0 N–H and O–H groups in total. The number of rotatable bonds is 2. The van der Waals surface area contributed by atoms with Gasteiger partial charge in [-0.25, -0.2) is 0 Å². The van der Waals surface area contributed by atoms with Crippen LogP contribution in [0.3, 0.4) is 0 Å². The summed E-state index contributed by atoms with van der Waals surface area (Å²) in [4.78, 5) is 0. The van der Waals surface area contributed by atoms with E-state index in [1.165, 1.54) is 29.5 Å². The molecule has 0 aliphatic rings. The Morgan fingerprint density at radius 2 is 1.00 bits per heavy atom. The van der Waals surface area contributed by atoms with Crippen LogP contribution in [0.25, 0.3) is 10.8 Å². The Hall–Kier alpha value is 1.49. The van der Waals surface area contributed by atoms with E-state index >= 15 is 0 Å². The average molecular weight is 343 g/mol. The molecular formula is C22H35Li3Na+. The van der Waals surface area contributed by atoms with Crippen LogP contribution in [0.2, 0.25) is 0 Å². The van der Waals surface area contributed by atoms with Gasteiger partial charge in [-0.3, -0.25) is 0 Å². The van der Waals surface area contributed by atoms with E-state index in [2.05, 4.69) is 103 Å². The van der Waals surface area contributed by atoms with Crippen LogP contribution in [0.5, 0.6) is 0 Å². The number of hydrogen-bond donors (Lipinski definition) is 0. The van der Waals surface area contributed by atoms with Crippen molar-refractivity contribution in [2.75, 3.05) is 0 Å². The van der Waals surface area contributed by atoms with Crippen molar-refractivity contribution in [3.05, 3.63) is 67.8 Å². The third kappa shape index (κ3) is 33.1. The standard InChI is InChI=1S/C10H8.3C4H9.3Li.Na/c1-2-6-10-8-4-3-7-9(10)5-1;1-4(2)3;2*1-3-4-2;;;;/h1-8H;1-3H3;3H,4H2,1-2H3;1,3-4H2,2H3;;;;/q;3*-1;4*+1. The maximum absolute atomic E-state index is 3.60. The van der Waals surface area contributed by atoms with Gasteiger partial charge in [-0.15, -0.1) is 0 Å². The second kappa shape index (κ2) is 34.0. The minimum Gasteiger partial charge on any atom is -0.343 e. The molecule has 0 radical (unpaired) electrons. The first-order valence-corrected chi connectivity index (χ1v) is 8.30. The molecule has 0 amide bonds. The predicted molar refractivity (Wildman–Crippen MR) is 105 cm³/mol. The molecule has 0 saturated heterocycles. The van der Waals surface area contributed by atoms with Crippen LogP contribution in [0, 0.1) is 19.3 Å². The van der Waals surface area contributed by atoms with E-state index in [0.717, 1.165) is 6.42 Å². The quantitative estimate of drug-likeness (QED) is 0.383. The molecular weight excluding hydrogens is 308 g/mol. The Labute approximate surface area is 223 Å². The van der Waals surface area contributed by atoms with Crippen LogP contribution >= 0.6 is 0 Å². The molecule has 0 aliphatic heterocycles. The monoisotopic (exact) mass is 343 g/mol. The van der Waals surface area contributed by atoms with Crippen molar-refractivity contribution < 1.29 is 86.1 Å². The van der Waals surface area contributed by atoms with Gasteiger partial charge in [0.15, 0.2) is 0 Å². The number of unbranched alkanes of at least 4 members (excludes halogenated alkanes) is 2. The van der Waals surface area contributed by atoms with Crippen molar-refractivity contribution in [2.45, 2.75) is 60.8 Å². The van der Waals surface area contributed by atoms with E-state index in [4.69, 9.17) is 0 Å². The van der Waals surface area contributed by atoms with Gasteiger partial charge >= 0.3 is 86.1 Å². The van der Waals surface area contributed by atoms with E-state index < -0.39 is 0 Å².